The minimum absolute atomic E-state index is 0.718. The number of nitrogens with one attached hydrogen (secondary N) is 1. The van der Waals surface area contributed by atoms with Gasteiger partial charge in [0.15, 0.2) is 0 Å². The van der Waals surface area contributed by atoms with Gasteiger partial charge in [-0.05, 0) is 50.9 Å². The van der Waals surface area contributed by atoms with Crippen molar-refractivity contribution < 1.29 is 4.74 Å². The van der Waals surface area contributed by atoms with Gasteiger partial charge in [0.05, 0.1) is 6.61 Å². The zero-order valence-electron chi connectivity index (χ0n) is 11.5. The van der Waals surface area contributed by atoms with Crippen LogP contribution in [0.1, 0.15) is 31.4 Å². The highest BCUT2D eigenvalue weighted by atomic mass is 16.5. The molecule has 0 spiro atoms. The third kappa shape index (κ3) is 5.73. The number of rotatable bonds is 7. The van der Waals surface area contributed by atoms with E-state index in [0.29, 0.717) is 0 Å². The Morgan fingerprint density at radius 1 is 1.24 bits per heavy atom. The van der Waals surface area contributed by atoms with Crippen LogP contribution in [0, 0.1) is 19.8 Å². The van der Waals surface area contributed by atoms with Gasteiger partial charge in [-0.25, -0.2) is 0 Å². The first-order chi connectivity index (χ1) is 8.09. The fourth-order valence-electron chi connectivity index (χ4n) is 1.73. The molecule has 0 aromatic heterocycles. The lowest BCUT2D eigenvalue weighted by atomic mass is 10.1. The Kier molecular flexibility index (Phi) is 6.06. The number of benzene rings is 1. The van der Waals surface area contributed by atoms with Crippen molar-refractivity contribution >= 4 is 0 Å². The Morgan fingerprint density at radius 3 is 2.65 bits per heavy atom. The molecule has 0 aliphatic rings. The van der Waals surface area contributed by atoms with Gasteiger partial charge in [0.2, 0.25) is 0 Å². The van der Waals surface area contributed by atoms with Crippen molar-refractivity contribution in [1.29, 1.82) is 0 Å². The van der Waals surface area contributed by atoms with Gasteiger partial charge < -0.3 is 10.1 Å². The monoisotopic (exact) mass is 235 g/mol. The van der Waals surface area contributed by atoms with Crippen LogP contribution < -0.4 is 10.1 Å². The van der Waals surface area contributed by atoms with Crippen LogP contribution in [0.15, 0.2) is 18.2 Å². The van der Waals surface area contributed by atoms with E-state index in [0.717, 1.165) is 37.8 Å². The van der Waals surface area contributed by atoms with Crippen LogP contribution in [0.25, 0.3) is 0 Å². The molecular weight excluding hydrogens is 210 g/mol. The molecule has 0 amide bonds. The molecule has 0 saturated heterocycles. The highest BCUT2D eigenvalue weighted by Gasteiger charge is 1.99. The number of aryl methyl sites for hydroxylation is 2. The molecule has 1 aromatic carbocycles. The molecule has 0 atom stereocenters. The molecule has 96 valence electrons. The maximum Gasteiger partial charge on any atom is 0.122 e. The van der Waals surface area contributed by atoms with Gasteiger partial charge in [-0.1, -0.05) is 31.5 Å². The van der Waals surface area contributed by atoms with Gasteiger partial charge in [0.1, 0.15) is 5.75 Å². The van der Waals surface area contributed by atoms with Crippen LogP contribution in [0.3, 0.4) is 0 Å². The summed E-state index contributed by atoms with van der Waals surface area (Å²) in [5.41, 5.74) is 2.51. The van der Waals surface area contributed by atoms with E-state index in [9.17, 15) is 0 Å². The zero-order chi connectivity index (χ0) is 12.7. The normalized spacial score (nSPS) is 10.9. The predicted octanol–water partition coefficient (Wildman–Crippen LogP) is 3.32. The molecule has 0 aliphatic carbocycles. The summed E-state index contributed by atoms with van der Waals surface area (Å²) in [4.78, 5) is 0. The second-order valence-electron chi connectivity index (χ2n) is 5.07. The first-order valence-corrected chi connectivity index (χ1v) is 6.50. The molecule has 2 nitrogen and oxygen atoms in total. The standard InChI is InChI=1S/C15H25NO/c1-12(2)11-16-8-5-9-17-15-7-6-13(3)10-14(15)4/h6-7,10,12,16H,5,8-9,11H2,1-4H3. The third-order valence-corrected chi connectivity index (χ3v) is 2.64. The van der Waals surface area contributed by atoms with Crippen molar-refractivity contribution in [1.82, 2.24) is 5.32 Å². The number of ether oxygens (including phenoxy) is 1. The van der Waals surface area contributed by atoms with E-state index in [1.54, 1.807) is 0 Å². The number of hydrogen-bond donors (Lipinski definition) is 1. The first-order valence-electron chi connectivity index (χ1n) is 6.50. The summed E-state index contributed by atoms with van der Waals surface area (Å²) in [5.74, 6) is 1.73. The quantitative estimate of drug-likeness (QED) is 0.732. The van der Waals surface area contributed by atoms with Crippen molar-refractivity contribution in [2.24, 2.45) is 5.92 Å². The highest BCUT2D eigenvalue weighted by Crippen LogP contribution is 2.18. The summed E-state index contributed by atoms with van der Waals surface area (Å²) < 4.78 is 5.76. The van der Waals surface area contributed by atoms with E-state index in [-0.39, 0.29) is 0 Å². The fourth-order valence-corrected chi connectivity index (χ4v) is 1.73. The van der Waals surface area contributed by atoms with E-state index < -0.39 is 0 Å². The Bertz CT molecular complexity index is 334. The van der Waals surface area contributed by atoms with Crippen molar-refractivity contribution in [3.8, 4) is 5.75 Å². The summed E-state index contributed by atoms with van der Waals surface area (Å²) in [5, 5.41) is 3.41. The van der Waals surface area contributed by atoms with Crippen LogP contribution in [0.4, 0.5) is 0 Å². The molecule has 0 fully saturated rings. The molecule has 17 heavy (non-hydrogen) atoms. The van der Waals surface area contributed by atoms with E-state index in [4.69, 9.17) is 4.74 Å². The van der Waals surface area contributed by atoms with Crippen LogP contribution >= 0.6 is 0 Å². The topological polar surface area (TPSA) is 21.3 Å². The lowest BCUT2D eigenvalue weighted by Gasteiger charge is -2.10. The van der Waals surface area contributed by atoms with Crippen molar-refractivity contribution in [3.63, 3.8) is 0 Å². The highest BCUT2D eigenvalue weighted by molar-refractivity contribution is 5.35. The Morgan fingerprint density at radius 2 is 2.00 bits per heavy atom. The lowest BCUT2D eigenvalue weighted by Crippen LogP contribution is -2.22. The molecule has 0 bridgehead atoms. The van der Waals surface area contributed by atoms with Crippen LogP contribution in [0.2, 0.25) is 0 Å². The molecule has 0 radical (unpaired) electrons. The summed E-state index contributed by atoms with van der Waals surface area (Å²) in [7, 11) is 0. The molecule has 2 heteroatoms. The number of hydrogen-bond acceptors (Lipinski definition) is 2. The lowest BCUT2D eigenvalue weighted by molar-refractivity contribution is 0.305. The average Bonchev–Trinajstić information content (AvgIpc) is 2.25. The van der Waals surface area contributed by atoms with E-state index in [1.165, 1.54) is 11.1 Å². The van der Waals surface area contributed by atoms with Gasteiger partial charge >= 0.3 is 0 Å². The second kappa shape index (κ2) is 7.33. The minimum atomic E-state index is 0.718. The fraction of sp³-hybridized carbons (Fsp3) is 0.600. The minimum Gasteiger partial charge on any atom is -0.493 e. The van der Waals surface area contributed by atoms with Gasteiger partial charge in [-0.2, -0.15) is 0 Å². The van der Waals surface area contributed by atoms with Gasteiger partial charge in [-0.15, -0.1) is 0 Å². The van der Waals surface area contributed by atoms with Gasteiger partial charge in [-0.3, -0.25) is 0 Å². The van der Waals surface area contributed by atoms with Crippen molar-refractivity contribution in [2.45, 2.75) is 34.1 Å². The molecule has 1 rings (SSSR count). The van der Waals surface area contributed by atoms with E-state index >= 15 is 0 Å². The maximum absolute atomic E-state index is 5.76. The second-order valence-corrected chi connectivity index (χ2v) is 5.07. The molecule has 0 unspecified atom stereocenters. The van der Waals surface area contributed by atoms with E-state index in [2.05, 4.69) is 51.2 Å². The van der Waals surface area contributed by atoms with Crippen LogP contribution in [-0.4, -0.2) is 19.7 Å². The maximum atomic E-state index is 5.76. The summed E-state index contributed by atoms with van der Waals surface area (Å²) in [6.45, 7) is 11.5. The van der Waals surface area contributed by atoms with E-state index in [1.807, 2.05) is 0 Å². The van der Waals surface area contributed by atoms with Gasteiger partial charge in [0.25, 0.3) is 0 Å². The third-order valence-electron chi connectivity index (χ3n) is 2.64. The molecule has 0 saturated carbocycles. The molecule has 1 aromatic rings. The zero-order valence-corrected chi connectivity index (χ0v) is 11.5. The summed E-state index contributed by atoms with van der Waals surface area (Å²) in [6.07, 6.45) is 1.06. The Balaban J connectivity index is 2.18. The Hall–Kier alpha value is -1.02. The first kappa shape index (κ1) is 14.0. The SMILES string of the molecule is Cc1ccc(OCCCNCC(C)C)c(C)c1. The summed E-state index contributed by atoms with van der Waals surface area (Å²) in [6, 6.07) is 6.32. The van der Waals surface area contributed by atoms with Crippen LogP contribution in [0.5, 0.6) is 5.75 Å². The largest absolute Gasteiger partial charge is 0.493 e. The average molecular weight is 235 g/mol. The molecule has 0 heterocycles. The van der Waals surface area contributed by atoms with Crippen LogP contribution in [-0.2, 0) is 0 Å². The van der Waals surface area contributed by atoms with Gasteiger partial charge in [0, 0.05) is 0 Å². The molecule has 1 N–H and O–H groups in total. The summed E-state index contributed by atoms with van der Waals surface area (Å²) >= 11 is 0. The molecular formula is C15H25NO. The van der Waals surface area contributed by atoms with Crippen molar-refractivity contribution in [3.05, 3.63) is 29.3 Å². The predicted molar refractivity (Wildman–Crippen MR) is 73.7 cm³/mol. The molecule has 0 aliphatic heterocycles. The van der Waals surface area contributed by atoms with Crippen molar-refractivity contribution in [2.75, 3.05) is 19.7 Å². The Labute approximate surface area is 105 Å². The smallest absolute Gasteiger partial charge is 0.122 e.